The molecule has 3 fully saturated rings. The predicted octanol–water partition coefficient (Wildman–Crippen LogP) is 1.76. The molecular weight excluding hydrogens is 414 g/mol. The van der Waals surface area contributed by atoms with Gasteiger partial charge in [-0.3, -0.25) is 14.8 Å². The van der Waals surface area contributed by atoms with Crippen LogP contribution in [0.5, 0.6) is 0 Å². The van der Waals surface area contributed by atoms with Gasteiger partial charge in [-0.1, -0.05) is 30.3 Å². The Morgan fingerprint density at radius 1 is 0.969 bits per heavy atom. The molecule has 1 aliphatic carbocycles. The van der Waals surface area contributed by atoms with Crippen LogP contribution >= 0.6 is 0 Å². The summed E-state index contributed by atoms with van der Waals surface area (Å²) in [5.74, 6) is -1.64. The molecule has 0 bridgehead atoms. The Morgan fingerprint density at radius 2 is 1.72 bits per heavy atom. The van der Waals surface area contributed by atoms with E-state index in [2.05, 4.69) is 12.1 Å². The first-order chi connectivity index (χ1) is 15.6. The molecule has 1 aromatic carbocycles. The van der Waals surface area contributed by atoms with Gasteiger partial charge in [0.05, 0.1) is 25.0 Å². The number of hydrogen-bond acceptors (Lipinski definition) is 6. The van der Waals surface area contributed by atoms with Crippen molar-refractivity contribution in [2.24, 2.45) is 11.8 Å². The third kappa shape index (κ3) is 5.05. The Morgan fingerprint density at radius 3 is 2.44 bits per heavy atom. The van der Waals surface area contributed by atoms with Crippen LogP contribution < -0.4 is 5.48 Å². The van der Waals surface area contributed by atoms with E-state index in [4.69, 9.17) is 9.47 Å². The Kier molecular flexibility index (Phi) is 7.26. The van der Waals surface area contributed by atoms with Crippen LogP contribution in [0.1, 0.15) is 37.2 Å². The minimum atomic E-state index is -0.737. The van der Waals surface area contributed by atoms with E-state index in [-0.39, 0.29) is 18.2 Å². The molecule has 174 valence electrons. The monoisotopic (exact) mass is 445 g/mol. The van der Waals surface area contributed by atoms with E-state index in [1.807, 2.05) is 23.1 Å². The first-order valence-corrected chi connectivity index (χ1v) is 11.4. The van der Waals surface area contributed by atoms with Gasteiger partial charge in [0.15, 0.2) is 0 Å². The number of nitrogens with one attached hydrogen (secondary N) is 1. The lowest BCUT2D eigenvalue weighted by atomic mass is 9.76. The predicted molar refractivity (Wildman–Crippen MR) is 114 cm³/mol. The molecule has 32 heavy (non-hydrogen) atoms. The summed E-state index contributed by atoms with van der Waals surface area (Å²) in [6.07, 6.45) is 1.17. The van der Waals surface area contributed by atoms with E-state index >= 15 is 0 Å². The molecule has 9 nitrogen and oxygen atoms in total. The van der Waals surface area contributed by atoms with Gasteiger partial charge >= 0.3 is 6.09 Å². The van der Waals surface area contributed by atoms with Gasteiger partial charge in [-0.15, -0.1) is 0 Å². The molecule has 2 aliphatic heterocycles. The van der Waals surface area contributed by atoms with Gasteiger partial charge < -0.3 is 19.3 Å². The maximum atomic E-state index is 13.3. The second-order valence-electron chi connectivity index (χ2n) is 8.79. The lowest BCUT2D eigenvalue weighted by molar-refractivity contribution is -0.148. The van der Waals surface area contributed by atoms with Crippen LogP contribution in [0.3, 0.4) is 0 Å². The molecule has 2 saturated heterocycles. The lowest BCUT2D eigenvalue weighted by Crippen LogP contribution is -2.48. The Hall–Kier alpha value is -2.65. The van der Waals surface area contributed by atoms with E-state index in [0.29, 0.717) is 52.2 Å². The summed E-state index contributed by atoms with van der Waals surface area (Å²) < 4.78 is 10.9. The highest BCUT2D eigenvalue weighted by Crippen LogP contribution is 2.36. The number of ether oxygens (including phenoxy) is 2. The summed E-state index contributed by atoms with van der Waals surface area (Å²) in [5, 5.41) is 9.26. The summed E-state index contributed by atoms with van der Waals surface area (Å²) in [6, 6.07) is 10.1. The quantitative estimate of drug-likeness (QED) is 0.540. The molecule has 3 amide bonds. The number of nitrogens with zero attached hydrogens (tertiary/aromatic N) is 2. The van der Waals surface area contributed by atoms with Crippen molar-refractivity contribution in [3.8, 4) is 0 Å². The van der Waals surface area contributed by atoms with Gasteiger partial charge in [0.25, 0.3) is 0 Å². The van der Waals surface area contributed by atoms with E-state index in [1.54, 1.807) is 10.4 Å². The fourth-order valence-corrected chi connectivity index (χ4v) is 5.06. The van der Waals surface area contributed by atoms with Crippen molar-refractivity contribution in [3.05, 3.63) is 35.9 Å². The summed E-state index contributed by atoms with van der Waals surface area (Å²) in [4.78, 5) is 41.6. The van der Waals surface area contributed by atoms with Crippen molar-refractivity contribution >= 4 is 17.9 Å². The van der Waals surface area contributed by atoms with Crippen molar-refractivity contribution in [2.75, 3.05) is 39.4 Å². The van der Waals surface area contributed by atoms with Crippen LogP contribution in [0.2, 0.25) is 0 Å². The highest BCUT2D eigenvalue weighted by molar-refractivity contribution is 5.87. The molecule has 3 aliphatic rings. The SMILES string of the molecule is O=C(NO)C1CC(OC(=O)N2CCOCC2)CCC1C(=O)N1CC[C@H](c2ccccc2)C1. The second-order valence-corrected chi connectivity index (χ2v) is 8.79. The molecule has 3 unspecified atom stereocenters. The fraction of sp³-hybridized carbons (Fsp3) is 0.609. The second kappa shape index (κ2) is 10.3. The lowest BCUT2D eigenvalue weighted by Gasteiger charge is -2.36. The Labute approximate surface area is 187 Å². The zero-order chi connectivity index (χ0) is 22.5. The van der Waals surface area contributed by atoms with Crippen molar-refractivity contribution in [1.29, 1.82) is 0 Å². The van der Waals surface area contributed by atoms with Gasteiger partial charge in [-0.2, -0.15) is 0 Å². The van der Waals surface area contributed by atoms with Crippen molar-refractivity contribution < 1.29 is 29.1 Å². The number of likely N-dealkylation sites (tertiary alicyclic amines) is 1. The summed E-state index contributed by atoms with van der Waals surface area (Å²) in [7, 11) is 0. The third-order valence-electron chi connectivity index (χ3n) is 6.87. The maximum absolute atomic E-state index is 13.3. The van der Waals surface area contributed by atoms with Crippen LogP contribution in [0.15, 0.2) is 30.3 Å². The highest BCUT2D eigenvalue weighted by Gasteiger charge is 2.43. The average molecular weight is 446 g/mol. The van der Waals surface area contributed by atoms with Crippen LogP contribution in [0, 0.1) is 11.8 Å². The van der Waals surface area contributed by atoms with E-state index in [0.717, 1.165) is 6.42 Å². The van der Waals surface area contributed by atoms with Crippen molar-refractivity contribution in [2.45, 2.75) is 37.7 Å². The van der Waals surface area contributed by atoms with Crippen LogP contribution in [-0.2, 0) is 19.1 Å². The molecule has 1 saturated carbocycles. The zero-order valence-electron chi connectivity index (χ0n) is 18.2. The summed E-state index contributed by atoms with van der Waals surface area (Å²) >= 11 is 0. The number of morpholine rings is 1. The Bertz CT molecular complexity index is 813. The molecule has 4 rings (SSSR count). The number of amides is 3. The van der Waals surface area contributed by atoms with Gasteiger partial charge in [-0.05, 0) is 31.2 Å². The molecule has 9 heteroatoms. The molecule has 0 aromatic heterocycles. The fourth-order valence-electron chi connectivity index (χ4n) is 5.06. The number of hydrogen-bond donors (Lipinski definition) is 2. The normalized spacial score (nSPS) is 28.3. The molecule has 0 spiro atoms. The van der Waals surface area contributed by atoms with Gasteiger partial charge in [0.2, 0.25) is 11.8 Å². The minimum Gasteiger partial charge on any atom is -0.446 e. The van der Waals surface area contributed by atoms with Gasteiger partial charge in [0, 0.05) is 32.1 Å². The van der Waals surface area contributed by atoms with Crippen LogP contribution in [0.4, 0.5) is 4.79 Å². The largest absolute Gasteiger partial charge is 0.446 e. The zero-order valence-corrected chi connectivity index (χ0v) is 18.2. The number of benzene rings is 1. The first-order valence-electron chi connectivity index (χ1n) is 11.4. The molecule has 4 atom stereocenters. The molecular formula is C23H31N3O6. The standard InChI is InChI=1S/C23H31N3O6/c27-21(24-30)20-14-18(32-23(29)25-10-12-31-13-11-25)6-7-19(20)22(28)26-9-8-17(15-26)16-4-2-1-3-5-16/h1-5,17-20,30H,6-15H2,(H,24,27)/t17-,18?,19?,20?/m0/s1. The average Bonchev–Trinajstić information content (AvgIpc) is 3.34. The Balaban J connectivity index is 1.37. The highest BCUT2D eigenvalue weighted by atomic mass is 16.6. The summed E-state index contributed by atoms with van der Waals surface area (Å²) in [6.45, 7) is 3.19. The van der Waals surface area contributed by atoms with Gasteiger partial charge in [0.1, 0.15) is 6.10 Å². The third-order valence-corrected chi connectivity index (χ3v) is 6.87. The molecule has 0 radical (unpaired) electrons. The molecule has 2 heterocycles. The first kappa shape index (κ1) is 22.5. The van der Waals surface area contributed by atoms with Crippen molar-refractivity contribution in [3.63, 3.8) is 0 Å². The minimum absolute atomic E-state index is 0.0602. The maximum Gasteiger partial charge on any atom is 0.410 e. The van der Waals surface area contributed by atoms with E-state index < -0.39 is 29.9 Å². The number of hydroxylamine groups is 1. The number of carbonyl (C=O) groups is 3. The van der Waals surface area contributed by atoms with Crippen molar-refractivity contribution in [1.82, 2.24) is 15.3 Å². The summed E-state index contributed by atoms with van der Waals surface area (Å²) in [5.41, 5.74) is 2.92. The van der Waals surface area contributed by atoms with E-state index in [9.17, 15) is 19.6 Å². The molecule has 2 N–H and O–H groups in total. The molecule has 1 aromatic rings. The van der Waals surface area contributed by atoms with E-state index in [1.165, 1.54) is 5.56 Å². The number of carbonyl (C=O) groups excluding carboxylic acids is 3. The van der Waals surface area contributed by atoms with Gasteiger partial charge in [-0.25, -0.2) is 10.3 Å². The topological polar surface area (TPSA) is 108 Å². The van der Waals surface area contributed by atoms with Crippen LogP contribution in [-0.4, -0.2) is 78.4 Å². The number of rotatable bonds is 4. The smallest absolute Gasteiger partial charge is 0.410 e. The van der Waals surface area contributed by atoms with Crippen LogP contribution in [0.25, 0.3) is 0 Å².